The van der Waals surface area contributed by atoms with Crippen molar-refractivity contribution in [2.45, 2.75) is 13.5 Å². The van der Waals surface area contributed by atoms with E-state index in [4.69, 9.17) is 5.73 Å². The second-order valence-electron chi connectivity index (χ2n) is 6.30. The summed E-state index contributed by atoms with van der Waals surface area (Å²) in [5.74, 6) is -0.396. The van der Waals surface area contributed by atoms with Crippen LogP contribution in [0.15, 0.2) is 65.1 Å². The van der Waals surface area contributed by atoms with E-state index < -0.39 is 5.91 Å². The van der Waals surface area contributed by atoms with Gasteiger partial charge >= 0.3 is 0 Å². The number of hydrogen-bond donors (Lipinski definition) is 1. The topological polar surface area (TPSA) is 48.0 Å². The van der Waals surface area contributed by atoms with E-state index in [-0.39, 0.29) is 0 Å². The number of carbonyl (C=O) groups is 1. The zero-order valence-electron chi connectivity index (χ0n) is 13.8. The summed E-state index contributed by atoms with van der Waals surface area (Å²) in [4.78, 5) is 11.9. The van der Waals surface area contributed by atoms with Gasteiger partial charge in [0.25, 0.3) is 0 Å². The van der Waals surface area contributed by atoms with E-state index in [9.17, 15) is 4.79 Å². The van der Waals surface area contributed by atoms with Crippen molar-refractivity contribution in [1.29, 1.82) is 0 Å². The van der Waals surface area contributed by atoms with Crippen LogP contribution in [0.1, 0.15) is 21.5 Å². The van der Waals surface area contributed by atoms with Crippen LogP contribution in [0.3, 0.4) is 0 Å². The van der Waals surface area contributed by atoms with Crippen LogP contribution in [0.25, 0.3) is 21.8 Å². The van der Waals surface area contributed by atoms with Gasteiger partial charge in [0.15, 0.2) is 0 Å². The molecule has 0 atom stereocenters. The Bertz CT molecular complexity index is 1130. The van der Waals surface area contributed by atoms with Crippen molar-refractivity contribution >= 4 is 43.6 Å². The second kappa shape index (κ2) is 6.05. The SMILES string of the molecule is Cc1ccc2c3c(C(N)=O)cccc3n(Cc3cccc(Br)c3)c2c1. The van der Waals surface area contributed by atoms with Crippen LogP contribution in [0.2, 0.25) is 0 Å². The number of amides is 1. The van der Waals surface area contributed by atoms with Gasteiger partial charge in [-0.25, -0.2) is 0 Å². The highest BCUT2D eigenvalue weighted by molar-refractivity contribution is 9.10. The number of fused-ring (bicyclic) bond motifs is 3. The molecule has 0 spiro atoms. The summed E-state index contributed by atoms with van der Waals surface area (Å²) in [7, 11) is 0. The Morgan fingerprint density at radius 2 is 1.84 bits per heavy atom. The van der Waals surface area contributed by atoms with Gasteiger partial charge in [-0.15, -0.1) is 0 Å². The molecule has 4 aromatic rings. The first-order valence-corrected chi connectivity index (χ1v) is 8.90. The quantitative estimate of drug-likeness (QED) is 0.523. The Morgan fingerprint density at radius 1 is 1.04 bits per heavy atom. The smallest absolute Gasteiger partial charge is 0.249 e. The van der Waals surface area contributed by atoms with Crippen LogP contribution < -0.4 is 5.73 Å². The molecular formula is C21H17BrN2O. The summed E-state index contributed by atoms with van der Waals surface area (Å²) < 4.78 is 3.31. The summed E-state index contributed by atoms with van der Waals surface area (Å²) >= 11 is 3.54. The molecule has 0 unspecified atom stereocenters. The Labute approximate surface area is 154 Å². The van der Waals surface area contributed by atoms with Gasteiger partial charge in [0, 0.05) is 32.9 Å². The molecule has 124 valence electrons. The first kappa shape index (κ1) is 15.9. The molecule has 0 saturated heterocycles. The molecule has 1 aromatic heterocycles. The fourth-order valence-electron chi connectivity index (χ4n) is 3.45. The zero-order valence-corrected chi connectivity index (χ0v) is 15.4. The van der Waals surface area contributed by atoms with Crippen molar-refractivity contribution in [3.05, 3.63) is 81.8 Å². The van der Waals surface area contributed by atoms with Gasteiger partial charge in [-0.3, -0.25) is 4.79 Å². The van der Waals surface area contributed by atoms with Crippen molar-refractivity contribution in [3.63, 3.8) is 0 Å². The maximum Gasteiger partial charge on any atom is 0.249 e. The minimum absolute atomic E-state index is 0.396. The molecule has 3 nitrogen and oxygen atoms in total. The Morgan fingerprint density at radius 3 is 2.60 bits per heavy atom. The van der Waals surface area contributed by atoms with Gasteiger partial charge < -0.3 is 10.3 Å². The number of carbonyl (C=O) groups excluding carboxylic acids is 1. The van der Waals surface area contributed by atoms with Crippen LogP contribution >= 0.6 is 15.9 Å². The molecule has 4 rings (SSSR count). The zero-order chi connectivity index (χ0) is 17.6. The normalized spacial score (nSPS) is 11.3. The molecule has 0 radical (unpaired) electrons. The molecule has 0 fully saturated rings. The minimum atomic E-state index is -0.396. The maximum absolute atomic E-state index is 11.9. The lowest BCUT2D eigenvalue weighted by molar-refractivity contribution is 0.100. The lowest BCUT2D eigenvalue weighted by Crippen LogP contribution is -2.11. The molecule has 25 heavy (non-hydrogen) atoms. The number of halogens is 1. The molecule has 1 amide bonds. The number of benzene rings is 3. The highest BCUT2D eigenvalue weighted by atomic mass is 79.9. The third kappa shape index (κ3) is 2.72. The van der Waals surface area contributed by atoms with E-state index in [2.05, 4.69) is 63.8 Å². The number of primary amides is 1. The first-order valence-electron chi connectivity index (χ1n) is 8.10. The molecule has 0 bridgehead atoms. The minimum Gasteiger partial charge on any atom is -0.366 e. The van der Waals surface area contributed by atoms with Gasteiger partial charge in [0.05, 0.1) is 5.52 Å². The Hall–Kier alpha value is -2.59. The van der Waals surface area contributed by atoms with Gasteiger partial charge in [-0.1, -0.05) is 46.3 Å². The average molecular weight is 393 g/mol. The lowest BCUT2D eigenvalue weighted by atomic mass is 10.1. The molecule has 0 aliphatic carbocycles. The number of rotatable bonds is 3. The van der Waals surface area contributed by atoms with E-state index in [0.29, 0.717) is 5.56 Å². The number of nitrogens with zero attached hydrogens (tertiary/aromatic N) is 1. The van der Waals surface area contributed by atoms with Crippen molar-refractivity contribution in [3.8, 4) is 0 Å². The van der Waals surface area contributed by atoms with Gasteiger partial charge in [-0.2, -0.15) is 0 Å². The number of nitrogens with two attached hydrogens (primary N) is 1. The molecule has 3 aromatic carbocycles. The monoisotopic (exact) mass is 392 g/mol. The molecule has 4 heteroatoms. The van der Waals surface area contributed by atoms with E-state index in [1.165, 1.54) is 11.1 Å². The van der Waals surface area contributed by atoms with Gasteiger partial charge in [0.2, 0.25) is 5.91 Å². The second-order valence-corrected chi connectivity index (χ2v) is 7.22. The third-order valence-corrected chi connectivity index (χ3v) is 5.04. The lowest BCUT2D eigenvalue weighted by Gasteiger charge is -2.09. The average Bonchev–Trinajstić information content (AvgIpc) is 2.88. The molecule has 0 aliphatic rings. The standard InChI is InChI=1S/C21H17BrN2O/c1-13-8-9-16-19(10-13)24(12-14-4-2-5-15(22)11-14)18-7-3-6-17(20(16)18)21(23)25/h2-11H,12H2,1H3,(H2,23,25). The first-order chi connectivity index (χ1) is 12.0. The summed E-state index contributed by atoms with van der Waals surface area (Å²) in [6, 6.07) is 20.3. The predicted molar refractivity (Wildman–Crippen MR) is 106 cm³/mol. The van der Waals surface area contributed by atoms with E-state index >= 15 is 0 Å². The number of aryl methyl sites for hydroxylation is 1. The molecule has 1 heterocycles. The molecule has 0 aliphatic heterocycles. The van der Waals surface area contributed by atoms with Crippen LogP contribution in [-0.2, 0) is 6.54 Å². The Kier molecular flexibility index (Phi) is 3.85. The van der Waals surface area contributed by atoms with Crippen LogP contribution in [0.5, 0.6) is 0 Å². The molecule has 0 saturated carbocycles. The summed E-state index contributed by atoms with van der Waals surface area (Å²) in [5, 5.41) is 1.99. The number of aromatic nitrogens is 1. The van der Waals surface area contributed by atoms with Crippen molar-refractivity contribution in [2.24, 2.45) is 5.73 Å². The third-order valence-electron chi connectivity index (χ3n) is 4.54. The van der Waals surface area contributed by atoms with E-state index in [1.807, 2.05) is 18.2 Å². The van der Waals surface area contributed by atoms with Crippen molar-refractivity contribution in [2.75, 3.05) is 0 Å². The largest absolute Gasteiger partial charge is 0.366 e. The summed E-state index contributed by atoms with van der Waals surface area (Å²) in [5.41, 5.74) is 10.7. The maximum atomic E-state index is 11.9. The van der Waals surface area contributed by atoms with Crippen molar-refractivity contribution in [1.82, 2.24) is 4.57 Å². The van der Waals surface area contributed by atoms with Crippen LogP contribution in [-0.4, -0.2) is 10.5 Å². The van der Waals surface area contributed by atoms with Crippen molar-refractivity contribution < 1.29 is 4.79 Å². The highest BCUT2D eigenvalue weighted by Gasteiger charge is 2.16. The van der Waals surface area contributed by atoms with E-state index in [0.717, 1.165) is 32.8 Å². The molecule has 2 N–H and O–H groups in total. The Balaban J connectivity index is 2.06. The predicted octanol–water partition coefficient (Wildman–Crippen LogP) is 5.01. The van der Waals surface area contributed by atoms with Crippen LogP contribution in [0.4, 0.5) is 0 Å². The van der Waals surface area contributed by atoms with E-state index in [1.54, 1.807) is 6.07 Å². The fourth-order valence-corrected chi connectivity index (χ4v) is 3.89. The fraction of sp³-hybridized carbons (Fsp3) is 0.0952. The van der Waals surface area contributed by atoms with Gasteiger partial charge in [-0.05, 0) is 48.4 Å². The summed E-state index contributed by atoms with van der Waals surface area (Å²) in [6.07, 6.45) is 0. The highest BCUT2D eigenvalue weighted by Crippen LogP contribution is 2.33. The summed E-state index contributed by atoms with van der Waals surface area (Å²) in [6.45, 7) is 2.81. The van der Waals surface area contributed by atoms with Gasteiger partial charge in [0.1, 0.15) is 0 Å². The molecular weight excluding hydrogens is 376 g/mol. The number of hydrogen-bond acceptors (Lipinski definition) is 1. The van der Waals surface area contributed by atoms with Crippen LogP contribution in [0, 0.1) is 6.92 Å².